The van der Waals surface area contributed by atoms with E-state index in [4.69, 9.17) is 0 Å². The van der Waals surface area contributed by atoms with E-state index in [1.54, 1.807) is 12.8 Å². The number of rotatable bonds is 3. The first kappa shape index (κ1) is 11.1. The lowest BCUT2D eigenvalue weighted by Gasteiger charge is -2.62. The van der Waals surface area contributed by atoms with Crippen molar-refractivity contribution >= 4 is 0 Å². The van der Waals surface area contributed by atoms with Crippen molar-refractivity contribution in [3.8, 4) is 0 Å². The molecule has 16 heavy (non-hydrogen) atoms. The van der Waals surface area contributed by atoms with Gasteiger partial charge < -0.3 is 0 Å². The van der Waals surface area contributed by atoms with E-state index in [0.29, 0.717) is 0 Å². The van der Waals surface area contributed by atoms with Crippen LogP contribution in [-0.4, -0.2) is 0 Å². The summed E-state index contributed by atoms with van der Waals surface area (Å²) in [5.41, 5.74) is 1.51. The van der Waals surface area contributed by atoms with E-state index in [1.807, 2.05) is 0 Å². The Hall–Kier alpha value is 0. The van der Waals surface area contributed by atoms with Crippen molar-refractivity contribution in [3.05, 3.63) is 0 Å². The van der Waals surface area contributed by atoms with Crippen molar-refractivity contribution in [1.29, 1.82) is 0 Å². The standard InChI is InChI=1S/C16H28/c1-5-11(2)12-8-13(12)14-6-7-15(3)9-16(14,4)10-15/h11-14H,5-10H2,1-4H3. The number of fused-ring (bicyclic) bond motifs is 2. The van der Waals surface area contributed by atoms with E-state index in [-0.39, 0.29) is 0 Å². The van der Waals surface area contributed by atoms with Crippen molar-refractivity contribution in [1.82, 2.24) is 0 Å². The van der Waals surface area contributed by atoms with Gasteiger partial charge in [0.05, 0.1) is 0 Å². The predicted molar refractivity (Wildman–Crippen MR) is 69.2 cm³/mol. The van der Waals surface area contributed by atoms with Crippen LogP contribution in [0.4, 0.5) is 0 Å². The maximum atomic E-state index is 2.59. The van der Waals surface area contributed by atoms with Crippen LogP contribution < -0.4 is 0 Å². The molecule has 2 bridgehead atoms. The van der Waals surface area contributed by atoms with E-state index in [1.165, 1.54) is 25.7 Å². The van der Waals surface area contributed by atoms with Gasteiger partial charge in [-0.05, 0) is 66.6 Å². The molecule has 4 unspecified atom stereocenters. The first-order valence-electron chi connectivity index (χ1n) is 7.47. The molecular formula is C16H28. The average molecular weight is 220 g/mol. The summed E-state index contributed by atoms with van der Waals surface area (Å²) < 4.78 is 0. The Labute approximate surface area is 101 Å². The molecule has 0 N–H and O–H groups in total. The quantitative estimate of drug-likeness (QED) is 0.635. The molecule has 0 saturated heterocycles. The summed E-state index contributed by atoms with van der Waals surface area (Å²) in [5.74, 6) is 4.29. The van der Waals surface area contributed by atoms with Crippen LogP contribution in [-0.2, 0) is 0 Å². The Balaban J connectivity index is 1.65. The van der Waals surface area contributed by atoms with Crippen LogP contribution in [0.25, 0.3) is 0 Å². The molecule has 0 spiro atoms. The van der Waals surface area contributed by atoms with E-state index in [0.717, 1.165) is 34.5 Å². The minimum Gasteiger partial charge on any atom is -0.0651 e. The molecular weight excluding hydrogens is 192 g/mol. The molecule has 92 valence electrons. The van der Waals surface area contributed by atoms with Gasteiger partial charge >= 0.3 is 0 Å². The molecule has 0 heteroatoms. The highest BCUT2D eigenvalue weighted by Gasteiger charge is 2.61. The molecule has 4 aliphatic carbocycles. The zero-order valence-electron chi connectivity index (χ0n) is 11.6. The normalized spacial score (nSPS) is 56.6. The van der Waals surface area contributed by atoms with E-state index >= 15 is 0 Å². The van der Waals surface area contributed by atoms with Crippen molar-refractivity contribution in [2.45, 2.75) is 66.2 Å². The van der Waals surface area contributed by atoms with Crippen LogP contribution in [0.1, 0.15) is 66.2 Å². The van der Waals surface area contributed by atoms with Crippen LogP contribution >= 0.6 is 0 Å². The topological polar surface area (TPSA) is 0 Å². The molecule has 4 fully saturated rings. The highest BCUT2D eigenvalue weighted by Crippen LogP contribution is 2.70. The second-order valence-electron chi connectivity index (χ2n) is 7.91. The van der Waals surface area contributed by atoms with E-state index < -0.39 is 0 Å². The van der Waals surface area contributed by atoms with Crippen LogP contribution in [0.5, 0.6) is 0 Å². The lowest BCUT2D eigenvalue weighted by atomic mass is 9.43. The molecule has 0 heterocycles. The molecule has 0 aromatic carbocycles. The Morgan fingerprint density at radius 1 is 1.25 bits per heavy atom. The van der Waals surface area contributed by atoms with Gasteiger partial charge in [-0.15, -0.1) is 0 Å². The summed E-state index contributed by atoms with van der Waals surface area (Å²) in [7, 11) is 0. The summed E-state index contributed by atoms with van der Waals surface area (Å²) >= 11 is 0. The second kappa shape index (κ2) is 3.27. The van der Waals surface area contributed by atoms with Gasteiger partial charge in [0.25, 0.3) is 0 Å². The number of hydrogen-bond acceptors (Lipinski definition) is 0. The highest BCUT2D eigenvalue weighted by atomic mass is 14.7. The Morgan fingerprint density at radius 2 is 1.94 bits per heavy atom. The first-order chi connectivity index (χ1) is 7.47. The van der Waals surface area contributed by atoms with Gasteiger partial charge in [0, 0.05) is 0 Å². The minimum absolute atomic E-state index is 0.750. The van der Waals surface area contributed by atoms with Crippen molar-refractivity contribution < 1.29 is 0 Å². The maximum absolute atomic E-state index is 2.59. The summed E-state index contributed by atoms with van der Waals surface area (Å²) in [6.45, 7) is 9.94. The molecule has 4 atom stereocenters. The van der Waals surface area contributed by atoms with Crippen molar-refractivity contribution in [2.24, 2.45) is 34.5 Å². The zero-order chi connectivity index (χ0) is 11.6. The monoisotopic (exact) mass is 220 g/mol. The third kappa shape index (κ3) is 1.48. The molecule has 0 nitrogen and oxygen atoms in total. The molecule has 0 amide bonds. The minimum atomic E-state index is 0.750. The SMILES string of the molecule is CCC(C)C1CC1C1CCC2(C)CC1(C)C2. The van der Waals surface area contributed by atoms with Gasteiger partial charge in [-0.3, -0.25) is 0 Å². The van der Waals surface area contributed by atoms with Gasteiger partial charge in [0.1, 0.15) is 0 Å². The summed E-state index contributed by atoms with van der Waals surface area (Å²) in [4.78, 5) is 0. The van der Waals surface area contributed by atoms with E-state index in [9.17, 15) is 0 Å². The lowest BCUT2D eigenvalue weighted by Crippen LogP contribution is -2.53. The summed E-state index contributed by atoms with van der Waals surface area (Å²) in [5, 5.41) is 0. The molecule has 4 rings (SSSR count). The van der Waals surface area contributed by atoms with Crippen LogP contribution in [0.15, 0.2) is 0 Å². The van der Waals surface area contributed by atoms with Crippen molar-refractivity contribution in [3.63, 3.8) is 0 Å². The fraction of sp³-hybridized carbons (Fsp3) is 1.00. The van der Waals surface area contributed by atoms with Crippen molar-refractivity contribution in [2.75, 3.05) is 0 Å². The molecule has 0 aromatic heterocycles. The Morgan fingerprint density at radius 3 is 2.50 bits per heavy atom. The summed E-state index contributed by atoms with van der Waals surface area (Å²) in [6.07, 6.45) is 9.10. The summed E-state index contributed by atoms with van der Waals surface area (Å²) in [6, 6.07) is 0. The smallest absolute Gasteiger partial charge is 0.0284 e. The van der Waals surface area contributed by atoms with Crippen LogP contribution in [0, 0.1) is 34.5 Å². The maximum Gasteiger partial charge on any atom is -0.0284 e. The Bertz CT molecular complexity index is 284. The molecule has 4 saturated carbocycles. The number of hydrogen-bond donors (Lipinski definition) is 0. The average Bonchev–Trinajstić information content (AvgIpc) is 2.94. The Kier molecular flexibility index (Phi) is 2.27. The lowest BCUT2D eigenvalue weighted by molar-refractivity contribution is -0.123. The molecule has 4 aliphatic rings. The fourth-order valence-electron chi connectivity index (χ4n) is 5.58. The van der Waals surface area contributed by atoms with Gasteiger partial charge in [-0.2, -0.15) is 0 Å². The van der Waals surface area contributed by atoms with Crippen LogP contribution in [0.2, 0.25) is 0 Å². The van der Waals surface area contributed by atoms with Gasteiger partial charge in [0.2, 0.25) is 0 Å². The van der Waals surface area contributed by atoms with Crippen LogP contribution in [0.3, 0.4) is 0 Å². The third-order valence-electron chi connectivity index (χ3n) is 6.40. The van der Waals surface area contributed by atoms with E-state index in [2.05, 4.69) is 27.7 Å². The highest BCUT2D eigenvalue weighted by molar-refractivity contribution is 5.11. The van der Waals surface area contributed by atoms with Gasteiger partial charge in [-0.25, -0.2) is 0 Å². The first-order valence-corrected chi connectivity index (χ1v) is 7.47. The predicted octanol–water partition coefficient (Wildman–Crippen LogP) is 4.89. The molecule has 0 radical (unpaired) electrons. The fourth-order valence-corrected chi connectivity index (χ4v) is 5.58. The van der Waals surface area contributed by atoms with Gasteiger partial charge in [0.15, 0.2) is 0 Å². The molecule has 0 aliphatic heterocycles. The third-order valence-corrected chi connectivity index (χ3v) is 6.40. The molecule has 0 aromatic rings. The zero-order valence-corrected chi connectivity index (χ0v) is 11.6. The largest absolute Gasteiger partial charge is 0.0651 e. The second-order valence-corrected chi connectivity index (χ2v) is 7.91. The van der Waals surface area contributed by atoms with Gasteiger partial charge in [-0.1, -0.05) is 34.1 Å².